The van der Waals surface area contributed by atoms with Crippen LogP contribution >= 0.6 is 0 Å². The third-order valence-electron chi connectivity index (χ3n) is 2.74. The van der Waals surface area contributed by atoms with E-state index in [9.17, 15) is 0 Å². The molecule has 0 amide bonds. The number of hydrogen-bond acceptors (Lipinski definition) is 1. The van der Waals surface area contributed by atoms with Crippen LogP contribution < -0.4 is 10.6 Å². The van der Waals surface area contributed by atoms with Gasteiger partial charge in [0.25, 0.3) is 0 Å². The van der Waals surface area contributed by atoms with Crippen molar-refractivity contribution in [3.8, 4) is 0 Å². The monoisotopic (exact) mass is 233 g/mol. The summed E-state index contributed by atoms with van der Waals surface area (Å²) < 4.78 is 0. The highest BCUT2D eigenvalue weighted by Gasteiger charge is 2.12. The molecule has 1 aromatic carbocycles. The summed E-state index contributed by atoms with van der Waals surface area (Å²) in [6, 6.07) is 8.71. The van der Waals surface area contributed by atoms with E-state index in [0.717, 1.165) is 12.5 Å². The van der Waals surface area contributed by atoms with Crippen LogP contribution in [-0.4, -0.2) is 20.1 Å². The molecule has 1 rings (SSSR count). The second kappa shape index (κ2) is 5.71. The molecule has 0 bridgehead atoms. The van der Waals surface area contributed by atoms with E-state index >= 15 is 0 Å². The second-order valence-electron chi connectivity index (χ2n) is 5.12. The van der Waals surface area contributed by atoms with Crippen LogP contribution in [-0.2, 0) is 12.0 Å². The maximum absolute atomic E-state index is 4.07. The summed E-state index contributed by atoms with van der Waals surface area (Å²) in [4.78, 5) is 4.07. The largest absolute Gasteiger partial charge is 0.359 e. The van der Waals surface area contributed by atoms with Crippen LogP contribution in [0.2, 0.25) is 0 Å². The molecule has 0 aliphatic carbocycles. The summed E-state index contributed by atoms with van der Waals surface area (Å²) in [5, 5.41) is 6.23. The van der Waals surface area contributed by atoms with Gasteiger partial charge in [-0.05, 0) is 16.5 Å². The highest BCUT2D eigenvalue weighted by molar-refractivity contribution is 5.79. The van der Waals surface area contributed by atoms with Crippen molar-refractivity contribution in [2.24, 2.45) is 4.99 Å². The van der Waals surface area contributed by atoms with E-state index in [0.29, 0.717) is 0 Å². The van der Waals surface area contributed by atoms with Gasteiger partial charge < -0.3 is 10.6 Å². The SMILES string of the molecule is CN=C(NC)NCc1ccc(C(C)(C)C)cc1. The zero-order valence-electron chi connectivity index (χ0n) is 11.5. The zero-order valence-corrected chi connectivity index (χ0v) is 11.5. The molecule has 1 aromatic rings. The molecule has 2 N–H and O–H groups in total. The maximum Gasteiger partial charge on any atom is 0.190 e. The van der Waals surface area contributed by atoms with Crippen LogP contribution in [0.3, 0.4) is 0 Å². The van der Waals surface area contributed by atoms with Gasteiger partial charge in [-0.15, -0.1) is 0 Å². The van der Waals surface area contributed by atoms with Crippen LogP contribution in [0.15, 0.2) is 29.3 Å². The van der Waals surface area contributed by atoms with E-state index in [4.69, 9.17) is 0 Å². The zero-order chi connectivity index (χ0) is 12.9. The molecule has 0 fully saturated rings. The van der Waals surface area contributed by atoms with Crippen molar-refractivity contribution in [2.75, 3.05) is 14.1 Å². The Hall–Kier alpha value is -1.51. The lowest BCUT2D eigenvalue weighted by Gasteiger charge is -2.19. The molecule has 0 spiro atoms. The average Bonchev–Trinajstić information content (AvgIpc) is 2.30. The van der Waals surface area contributed by atoms with Gasteiger partial charge in [0.1, 0.15) is 0 Å². The number of hydrogen-bond donors (Lipinski definition) is 2. The Labute approximate surface area is 104 Å². The highest BCUT2D eigenvalue weighted by atomic mass is 15.1. The fourth-order valence-corrected chi connectivity index (χ4v) is 1.59. The molecule has 0 radical (unpaired) electrons. The number of rotatable bonds is 2. The molecule has 3 heteroatoms. The van der Waals surface area contributed by atoms with Crippen molar-refractivity contribution in [2.45, 2.75) is 32.7 Å². The van der Waals surface area contributed by atoms with Crippen molar-refractivity contribution < 1.29 is 0 Å². The first-order valence-corrected chi connectivity index (χ1v) is 5.95. The van der Waals surface area contributed by atoms with Crippen LogP contribution in [0, 0.1) is 0 Å². The first-order valence-electron chi connectivity index (χ1n) is 5.95. The van der Waals surface area contributed by atoms with Crippen LogP contribution in [0.1, 0.15) is 31.9 Å². The Kier molecular flexibility index (Phi) is 4.55. The fourth-order valence-electron chi connectivity index (χ4n) is 1.59. The van der Waals surface area contributed by atoms with E-state index in [-0.39, 0.29) is 5.41 Å². The van der Waals surface area contributed by atoms with Crippen LogP contribution in [0.25, 0.3) is 0 Å². The third kappa shape index (κ3) is 4.10. The van der Waals surface area contributed by atoms with Gasteiger partial charge in [-0.25, -0.2) is 0 Å². The number of nitrogens with one attached hydrogen (secondary N) is 2. The molecule has 3 nitrogen and oxygen atoms in total. The molecular formula is C14H23N3. The van der Waals surface area contributed by atoms with Gasteiger partial charge in [0.2, 0.25) is 0 Å². The van der Waals surface area contributed by atoms with Gasteiger partial charge in [-0.1, -0.05) is 45.0 Å². The summed E-state index contributed by atoms with van der Waals surface area (Å²) in [7, 11) is 3.62. The van der Waals surface area contributed by atoms with Crippen molar-refractivity contribution in [1.29, 1.82) is 0 Å². The lowest BCUT2D eigenvalue weighted by Crippen LogP contribution is -2.34. The minimum absolute atomic E-state index is 0.215. The van der Waals surface area contributed by atoms with Crippen LogP contribution in [0.5, 0.6) is 0 Å². The Morgan fingerprint density at radius 1 is 1.18 bits per heavy atom. The quantitative estimate of drug-likeness (QED) is 0.607. The van der Waals surface area contributed by atoms with Gasteiger partial charge in [0, 0.05) is 20.6 Å². The molecule has 0 heterocycles. The fraction of sp³-hybridized carbons (Fsp3) is 0.500. The Morgan fingerprint density at radius 2 is 1.76 bits per heavy atom. The van der Waals surface area contributed by atoms with Crippen molar-refractivity contribution >= 4 is 5.96 Å². The Morgan fingerprint density at radius 3 is 2.18 bits per heavy atom. The van der Waals surface area contributed by atoms with Gasteiger partial charge in [-0.3, -0.25) is 4.99 Å². The van der Waals surface area contributed by atoms with E-state index < -0.39 is 0 Å². The minimum atomic E-state index is 0.215. The molecule has 94 valence electrons. The maximum atomic E-state index is 4.07. The predicted molar refractivity (Wildman–Crippen MR) is 74.4 cm³/mol. The molecule has 0 atom stereocenters. The highest BCUT2D eigenvalue weighted by Crippen LogP contribution is 2.21. The smallest absolute Gasteiger partial charge is 0.190 e. The number of aliphatic imine (C=N–C) groups is 1. The number of guanidine groups is 1. The lowest BCUT2D eigenvalue weighted by molar-refractivity contribution is 0.590. The Balaban J connectivity index is 2.63. The van der Waals surface area contributed by atoms with Gasteiger partial charge in [0.15, 0.2) is 5.96 Å². The summed E-state index contributed by atoms with van der Waals surface area (Å²) in [5.41, 5.74) is 2.83. The summed E-state index contributed by atoms with van der Waals surface area (Å²) in [5.74, 6) is 0.810. The van der Waals surface area contributed by atoms with E-state index in [1.807, 2.05) is 7.05 Å². The molecule has 0 aromatic heterocycles. The molecule has 0 saturated heterocycles. The normalized spacial score (nSPS) is 12.4. The topological polar surface area (TPSA) is 36.4 Å². The number of nitrogens with zero attached hydrogens (tertiary/aromatic N) is 1. The molecule has 0 saturated carbocycles. The lowest BCUT2D eigenvalue weighted by atomic mass is 9.87. The standard InChI is InChI=1S/C14H23N3/c1-14(2,3)12-8-6-11(7-9-12)10-17-13(15-4)16-5/h6-9H,10H2,1-5H3,(H2,15,16,17). The first kappa shape index (κ1) is 13.6. The molecule has 0 aliphatic heterocycles. The first-order chi connectivity index (χ1) is 7.97. The van der Waals surface area contributed by atoms with E-state index in [2.05, 4.69) is 60.7 Å². The summed E-state index contributed by atoms with van der Waals surface area (Å²) in [6.07, 6.45) is 0. The second-order valence-corrected chi connectivity index (χ2v) is 5.12. The Bertz CT molecular complexity index is 371. The molecule has 0 unspecified atom stereocenters. The summed E-state index contributed by atoms with van der Waals surface area (Å²) >= 11 is 0. The van der Waals surface area contributed by atoms with Gasteiger partial charge >= 0.3 is 0 Å². The molecule has 0 aliphatic rings. The third-order valence-corrected chi connectivity index (χ3v) is 2.74. The van der Waals surface area contributed by atoms with Crippen molar-refractivity contribution in [3.05, 3.63) is 35.4 Å². The van der Waals surface area contributed by atoms with Gasteiger partial charge in [-0.2, -0.15) is 0 Å². The summed E-state index contributed by atoms with van der Waals surface area (Å²) in [6.45, 7) is 7.47. The van der Waals surface area contributed by atoms with Crippen LogP contribution in [0.4, 0.5) is 0 Å². The molecular weight excluding hydrogens is 210 g/mol. The molecule has 17 heavy (non-hydrogen) atoms. The van der Waals surface area contributed by atoms with Crippen molar-refractivity contribution in [1.82, 2.24) is 10.6 Å². The average molecular weight is 233 g/mol. The van der Waals surface area contributed by atoms with Crippen molar-refractivity contribution in [3.63, 3.8) is 0 Å². The van der Waals surface area contributed by atoms with E-state index in [1.54, 1.807) is 7.05 Å². The van der Waals surface area contributed by atoms with Gasteiger partial charge in [0.05, 0.1) is 0 Å². The number of benzene rings is 1. The predicted octanol–water partition coefficient (Wildman–Crippen LogP) is 2.28. The minimum Gasteiger partial charge on any atom is -0.359 e. The van der Waals surface area contributed by atoms with E-state index in [1.165, 1.54) is 11.1 Å².